The number of phenols is 2. The number of phenolic OH excluding ortho intramolecular Hbond substituents is 2. The minimum Gasteiger partial charge on any atom is -0.506 e. The number of fused-ring (bicyclic) bond motifs is 1. The first-order valence-electron chi connectivity index (χ1n) is 11.2. The van der Waals surface area contributed by atoms with Gasteiger partial charge < -0.3 is 25.4 Å². The van der Waals surface area contributed by atoms with Gasteiger partial charge in [0.15, 0.2) is 17.2 Å². The van der Waals surface area contributed by atoms with Crippen molar-refractivity contribution in [3.8, 4) is 23.0 Å². The zero-order valence-electron chi connectivity index (χ0n) is 21.4. The number of hydrogen-bond donors (Lipinski definition) is 5. The number of anilines is 1. The second-order valence-electron chi connectivity index (χ2n) is 8.00. The van der Waals surface area contributed by atoms with Gasteiger partial charge in [-0.05, 0) is 47.9 Å². The van der Waals surface area contributed by atoms with Crippen molar-refractivity contribution < 1.29 is 64.4 Å². The summed E-state index contributed by atoms with van der Waals surface area (Å²) < 4.78 is 47.5. The molecular formula is C24H21CuN5O10S2. The molecule has 18 heteroatoms. The summed E-state index contributed by atoms with van der Waals surface area (Å²) in [6.07, 6.45) is 0. The van der Waals surface area contributed by atoms with Crippen LogP contribution in [-0.4, -0.2) is 42.7 Å². The fourth-order valence-corrected chi connectivity index (χ4v) is 4.55. The van der Waals surface area contributed by atoms with E-state index in [1.54, 1.807) is 24.3 Å². The van der Waals surface area contributed by atoms with Crippen molar-refractivity contribution in [2.24, 2.45) is 20.5 Å². The van der Waals surface area contributed by atoms with Crippen molar-refractivity contribution in [1.29, 1.82) is 0 Å². The second-order valence-corrected chi connectivity index (χ2v) is 10.2. The van der Waals surface area contributed by atoms with E-state index < -0.39 is 20.8 Å². The van der Waals surface area contributed by atoms with E-state index in [1.165, 1.54) is 26.4 Å². The Morgan fingerprint density at radius 3 is 2.05 bits per heavy atom. The van der Waals surface area contributed by atoms with Crippen molar-refractivity contribution >= 4 is 61.4 Å². The number of nitrogen functional groups attached to an aromatic ring is 1. The Balaban J connectivity index is 0.00000484. The summed E-state index contributed by atoms with van der Waals surface area (Å²) in [6, 6.07) is 12.1. The molecule has 0 aliphatic carbocycles. The van der Waals surface area contributed by atoms with Crippen LogP contribution in [0, 0.1) is 0 Å². The molecule has 0 atom stereocenters. The van der Waals surface area contributed by atoms with E-state index in [4.69, 9.17) is 20.5 Å². The van der Waals surface area contributed by atoms with Crippen LogP contribution in [0.4, 0.5) is 28.4 Å². The molecule has 4 aromatic carbocycles. The molecule has 0 fully saturated rings. The van der Waals surface area contributed by atoms with E-state index in [0.717, 1.165) is 18.2 Å². The minimum absolute atomic E-state index is 0. The molecule has 0 saturated heterocycles. The van der Waals surface area contributed by atoms with E-state index in [2.05, 4.69) is 29.8 Å². The number of nitrogens with two attached hydrogens (primary N) is 1. The van der Waals surface area contributed by atoms with E-state index in [0.29, 0.717) is 28.5 Å². The number of nitrogens with zero attached hydrogens (tertiary/aromatic N) is 4. The monoisotopic (exact) mass is 666 g/mol. The summed E-state index contributed by atoms with van der Waals surface area (Å²) in [4.78, 5) is -0.321. The molecule has 225 valence electrons. The first kappa shape index (κ1) is 32.5. The third-order valence-electron chi connectivity index (χ3n) is 5.48. The minimum atomic E-state index is -4.58. The number of hydrogen-bond acceptors (Lipinski definition) is 15. The molecule has 42 heavy (non-hydrogen) atoms. The molecular weight excluding hydrogens is 646 g/mol. The molecule has 0 aromatic heterocycles. The van der Waals surface area contributed by atoms with Crippen LogP contribution in [0.2, 0.25) is 0 Å². The molecule has 0 unspecified atom stereocenters. The van der Waals surface area contributed by atoms with Gasteiger partial charge in [-0.15, -0.1) is 24.8 Å². The van der Waals surface area contributed by atoms with Crippen molar-refractivity contribution in [1.82, 2.24) is 0 Å². The van der Waals surface area contributed by atoms with Crippen LogP contribution in [0.3, 0.4) is 0 Å². The van der Waals surface area contributed by atoms with Crippen molar-refractivity contribution in [2.75, 3.05) is 20.0 Å². The first-order chi connectivity index (χ1) is 19.5. The third kappa shape index (κ3) is 7.25. The Bertz CT molecular complexity index is 1790. The molecule has 15 nitrogen and oxygen atoms in total. The fourth-order valence-electron chi connectivity index (χ4n) is 3.56. The van der Waals surface area contributed by atoms with Crippen molar-refractivity contribution in [3.05, 3.63) is 54.6 Å². The molecule has 0 spiro atoms. The van der Waals surface area contributed by atoms with Crippen LogP contribution >= 0.6 is 12.0 Å². The molecule has 1 radical (unpaired) electrons. The SMILES string of the molecule is COc1cc(N=Nc2cc(S(=O)(=O)O)ccc2O)c(N=Nc2c(SOOO)cc3cc(N)ccc3c2O)cc1OC.[Cu]. The van der Waals surface area contributed by atoms with Gasteiger partial charge in [-0.3, -0.25) is 4.55 Å². The maximum absolute atomic E-state index is 11.5. The quantitative estimate of drug-likeness (QED) is 0.0237. The largest absolute Gasteiger partial charge is 0.506 e. The number of benzene rings is 4. The van der Waals surface area contributed by atoms with Crippen LogP contribution < -0.4 is 15.2 Å². The maximum Gasteiger partial charge on any atom is 0.294 e. The van der Waals surface area contributed by atoms with E-state index in [-0.39, 0.29) is 62.0 Å². The average molecular weight is 667 g/mol. The third-order valence-corrected chi connectivity index (χ3v) is 6.95. The normalized spacial score (nSPS) is 11.7. The van der Waals surface area contributed by atoms with E-state index in [1.807, 2.05) is 0 Å². The standard InChI is InChI=1S/C24H21N5O10S2.Cu/c1-36-20-10-16(26-28-18-9-14(41(33,34)35)4-6-19(18)30)17(11-21(20)37-2)27-29-23-22(40-39-38-32)8-12-7-13(25)3-5-15(12)24(23)31;/h3-11,30-32H,25H2,1-2H3,(H,33,34,35);. The molecule has 4 aromatic rings. The summed E-state index contributed by atoms with van der Waals surface area (Å²) in [7, 11) is -1.80. The van der Waals surface area contributed by atoms with Gasteiger partial charge in [0.1, 0.15) is 28.5 Å². The summed E-state index contributed by atoms with van der Waals surface area (Å²) in [5.41, 5.74) is 6.02. The summed E-state index contributed by atoms with van der Waals surface area (Å²) in [6.45, 7) is 0. The van der Waals surface area contributed by atoms with Crippen LogP contribution in [0.1, 0.15) is 0 Å². The number of ether oxygens (including phenoxy) is 2. The molecule has 0 saturated carbocycles. The summed E-state index contributed by atoms with van der Waals surface area (Å²) in [5.74, 6) is -0.237. The van der Waals surface area contributed by atoms with Gasteiger partial charge in [0.05, 0.1) is 36.1 Å². The Kier molecular flexibility index (Phi) is 10.7. The van der Waals surface area contributed by atoms with Gasteiger partial charge in [0, 0.05) is 40.3 Å². The average Bonchev–Trinajstić information content (AvgIpc) is 2.94. The van der Waals surface area contributed by atoms with E-state index in [9.17, 15) is 23.2 Å². The molecule has 0 heterocycles. The van der Waals surface area contributed by atoms with Gasteiger partial charge >= 0.3 is 0 Å². The van der Waals surface area contributed by atoms with Gasteiger partial charge in [0.2, 0.25) is 0 Å². The zero-order valence-corrected chi connectivity index (χ0v) is 24.0. The van der Waals surface area contributed by atoms with Crippen LogP contribution in [0.15, 0.2) is 84.8 Å². The molecule has 4 rings (SSSR count). The van der Waals surface area contributed by atoms with Crippen molar-refractivity contribution in [2.45, 2.75) is 9.79 Å². The van der Waals surface area contributed by atoms with Crippen LogP contribution in [0.5, 0.6) is 23.0 Å². The number of aromatic hydroxyl groups is 2. The summed E-state index contributed by atoms with van der Waals surface area (Å²) >= 11 is 0.537. The smallest absolute Gasteiger partial charge is 0.294 e. The zero-order chi connectivity index (χ0) is 29.7. The predicted octanol–water partition coefficient (Wildman–Crippen LogP) is 6.35. The number of azo groups is 2. The Morgan fingerprint density at radius 2 is 1.45 bits per heavy atom. The summed E-state index contributed by atoms with van der Waals surface area (Å²) in [5, 5.41) is 50.6. The van der Waals surface area contributed by atoms with Crippen molar-refractivity contribution in [3.63, 3.8) is 0 Å². The Labute approximate surface area is 252 Å². The molecule has 0 bridgehead atoms. The predicted molar refractivity (Wildman–Crippen MR) is 147 cm³/mol. The molecule has 0 amide bonds. The topological polar surface area (TPSA) is 227 Å². The second kappa shape index (κ2) is 13.8. The molecule has 0 aliphatic rings. The maximum atomic E-state index is 11.5. The number of rotatable bonds is 10. The molecule has 0 aliphatic heterocycles. The van der Waals surface area contributed by atoms with Gasteiger partial charge in [-0.25, -0.2) is 5.26 Å². The fraction of sp³-hybridized carbons (Fsp3) is 0.0833. The van der Waals surface area contributed by atoms with Gasteiger partial charge in [0.25, 0.3) is 10.1 Å². The Morgan fingerprint density at radius 1 is 0.833 bits per heavy atom. The first-order valence-corrected chi connectivity index (χ1v) is 13.3. The molecule has 6 N–H and O–H groups in total. The van der Waals surface area contributed by atoms with Crippen LogP contribution in [0.25, 0.3) is 10.8 Å². The van der Waals surface area contributed by atoms with Gasteiger partial charge in [-0.1, -0.05) is 5.04 Å². The number of methoxy groups -OCH3 is 2. The van der Waals surface area contributed by atoms with Gasteiger partial charge in [-0.2, -0.15) is 8.42 Å². The van der Waals surface area contributed by atoms with Crippen LogP contribution in [-0.2, 0) is 36.6 Å². The Hall–Kier alpha value is -4.00. The van der Waals surface area contributed by atoms with E-state index >= 15 is 0 Å².